The maximum Gasteiger partial charge on any atom is 0.222 e. The Balaban J connectivity index is 1.30. The van der Waals surface area contributed by atoms with Crippen LogP contribution in [0.25, 0.3) is 11.3 Å². The molecular formula is C22H20Cl2N2O4. The van der Waals surface area contributed by atoms with Gasteiger partial charge in [0.2, 0.25) is 5.91 Å². The van der Waals surface area contributed by atoms with Crippen molar-refractivity contribution in [3.8, 4) is 22.8 Å². The number of likely N-dealkylation sites (N-methyl/N-ethyl adjacent to an activating group) is 1. The van der Waals surface area contributed by atoms with Gasteiger partial charge in [-0.1, -0.05) is 35.3 Å². The normalized spacial score (nSPS) is 15.1. The summed E-state index contributed by atoms with van der Waals surface area (Å²) in [5.74, 6) is 2.41. The summed E-state index contributed by atoms with van der Waals surface area (Å²) in [6.45, 7) is 0.837. The minimum absolute atomic E-state index is 0.0262. The summed E-state index contributed by atoms with van der Waals surface area (Å²) in [6.07, 6.45) is 2.05. The van der Waals surface area contributed by atoms with Gasteiger partial charge in [0.05, 0.1) is 17.8 Å². The second-order valence-electron chi connectivity index (χ2n) is 7.01. The Hall–Kier alpha value is -2.70. The van der Waals surface area contributed by atoms with Crippen LogP contribution in [0.5, 0.6) is 11.5 Å². The molecule has 0 fully saturated rings. The third-order valence-corrected chi connectivity index (χ3v) is 5.32. The van der Waals surface area contributed by atoms with Crippen molar-refractivity contribution < 1.29 is 18.7 Å². The van der Waals surface area contributed by atoms with Crippen molar-refractivity contribution in [2.45, 2.75) is 18.9 Å². The summed E-state index contributed by atoms with van der Waals surface area (Å²) in [7, 11) is 1.75. The number of oxazole rings is 1. The number of rotatable bonds is 6. The number of amides is 1. The highest BCUT2D eigenvalue weighted by molar-refractivity contribution is 6.36. The maximum atomic E-state index is 12.5. The van der Waals surface area contributed by atoms with Crippen molar-refractivity contribution in [3.05, 3.63) is 64.6 Å². The number of carbonyl (C=O) groups is 1. The molecule has 6 nitrogen and oxygen atoms in total. The molecule has 1 aliphatic heterocycles. The smallest absolute Gasteiger partial charge is 0.222 e. The van der Waals surface area contributed by atoms with Crippen LogP contribution in [0.15, 0.2) is 53.1 Å². The highest BCUT2D eigenvalue weighted by Crippen LogP contribution is 2.32. The minimum Gasteiger partial charge on any atom is -0.486 e. The zero-order chi connectivity index (χ0) is 21.1. The fourth-order valence-corrected chi connectivity index (χ4v) is 3.71. The molecule has 0 spiro atoms. The molecule has 4 rings (SSSR count). The molecule has 1 aliphatic rings. The number of ether oxygens (including phenoxy) is 2. The van der Waals surface area contributed by atoms with E-state index in [1.54, 1.807) is 36.3 Å². The standard InChI is InChI=1S/C22H20Cl2N2O4/c1-26(12-15-13-28-18-4-2-3-5-19(18)29-15)22(27)9-8-21-25-11-20(30-21)16-7-6-14(23)10-17(16)24/h2-7,10-11,15H,8-9,12-13H2,1H3/t15-/m1/s1. The number of carbonyl (C=O) groups excluding carboxylic acids is 1. The molecule has 0 saturated heterocycles. The van der Waals surface area contributed by atoms with E-state index in [0.29, 0.717) is 52.6 Å². The van der Waals surface area contributed by atoms with Gasteiger partial charge in [0, 0.05) is 30.5 Å². The predicted molar refractivity (Wildman–Crippen MR) is 114 cm³/mol. The molecule has 1 amide bonds. The van der Waals surface area contributed by atoms with Crippen molar-refractivity contribution in [1.29, 1.82) is 0 Å². The van der Waals surface area contributed by atoms with Crippen LogP contribution in [0.1, 0.15) is 12.3 Å². The molecule has 2 heterocycles. The number of benzene rings is 2. The van der Waals surface area contributed by atoms with Gasteiger partial charge in [-0.15, -0.1) is 0 Å². The largest absolute Gasteiger partial charge is 0.486 e. The van der Waals surface area contributed by atoms with E-state index in [4.69, 9.17) is 37.1 Å². The van der Waals surface area contributed by atoms with E-state index >= 15 is 0 Å². The third-order valence-electron chi connectivity index (χ3n) is 4.77. The number of aryl methyl sites for hydroxylation is 1. The predicted octanol–water partition coefficient (Wildman–Crippen LogP) is 4.88. The monoisotopic (exact) mass is 446 g/mol. The van der Waals surface area contributed by atoms with Crippen molar-refractivity contribution in [1.82, 2.24) is 9.88 Å². The molecule has 0 aliphatic carbocycles. The van der Waals surface area contributed by atoms with Gasteiger partial charge in [-0.05, 0) is 30.3 Å². The van der Waals surface area contributed by atoms with Crippen LogP contribution in [0, 0.1) is 0 Å². The second-order valence-corrected chi connectivity index (χ2v) is 7.86. The van der Waals surface area contributed by atoms with Crippen LogP contribution in [0.3, 0.4) is 0 Å². The summed E-state index contributed by atoms with van der Waals surface area (Å²) in [6, 6.07) is 12.7. The number of hydrogen-bond acceptors (Lipinski definition) is 5. The summed E-state index contributed by atoms with van der Waals surface area (Å²) in [5, 5.41) is 1.03. The minimum atomic E-state index is -0.214. The molecule has 8 heteroatoms. The van der Waals surface area contributed by atoms with E-state index in [0.717, 1.165) is 5.75 Å². The van der Waals surface area contributed by atoms with Gasteiger partial charge < -0.3 is 18.8 Å². The maximum absolute atomic E-state index is 12.5. The first kappa shape index (κ1) is 20.6. The van der Waals surface area contributed by atoms with Gasteiger partial charge in [-0.25, -0.2) is 4.98 Å². The van der Waals surface area contributed by atoms with E-state index in [9.17, 15) is 4.79 Å². The Morgan fingerprint density at radius 3 is 2.80 bits per heavy atom. The van der Waals surface area contributed by atoms with Crippen LogP contribution >= 0.6 is 23.2 Å². The van der Waals surface area contributed by atoms with Gasteiger partial charge in [0.1, 0.15) is 6.61 Å². The molecule has 156 valence electrons. The Morgan fingerprint density at radius 2 is 2.00 bits per heavy atom. The Kier molecular flexibility index (Phi) is 6.16. The number of hydrogen-bond donors (Lipinski definition) is 0. The van der Waals surface area contributed by atoms with Crippen LogP contribution in [0.2, 0.25) is 10.0 Å². The van der Waals surface area contributed by atoms with E-state index in [2.05, 4.69) is 4.98 Å². The molecule has 0 unspecified atom stereocenters. The van der Waals surface area contributed by atoms with Crippen molar-refractivity contribution >= 4 is 29.1 Å². The lowest BCUT2D eigenvalue weighted by atomic mass is 10.2. The topological polar surface area (TPSA) is 64.8 Å². The quantitative estimate of drug-likeness (QED) is 0.539. The third kappa shape index (κ3) is 4.71. The Morgan fingerprint density at radius 1 is 1.20 bits per heavy atom. The van der Waals surface area contributed by atoms with Gasteiger partial charge in [0.15, 0.2) is 29.3 Å². The molecule has 3 aromatic rings. The highest BCUT2D eigenvalue weighted by atomic mass is 35.5. The SMILES string of the molecule is CN(C[C@@H]1COc2ccccc2O1)C(=O)CCc1ncc(-c2ccc(Cl)cc2Cl)o1. The molecule has 0 radical (unpaired) electrons. The summed E-state index contributed by atoms with van der Waals surface area (Å²) >= 11 is 12.1. The molecule has 2 aromatic carbocycles. The van der Waals surface area contributed by atoms with Gasteiger partial charge >= 0.3 is 0 Å². The number of nitrogens with zero attached hydrogens (tertiary/aromatic N) is 2. The zero-order valence-electron chi connectivity index (χ0n) is 16.3. The highest BCUT2D eigenvalue weighted by Gasteiger charge is 2.24. The first-order valence-electron chi connectivity index (χ1n) is 9.52. The van der Waals surface area contributed by atoms with E-state index in [-0.39, 0.29) is 18.4 Å². The van der Waals surface area contributed by atoms with Crippen LogP contribution in [-0.2, 0) is 11.2 Å². The van der Waals surface area contributed by atoms with Gasteiger partial charge in [-0.2, -0.15) is 0 Å². The lowest BCUT2D eigenvalue weighted by Gasteiger charge is -2.29. The lowest BCUT2D eigenvalue weighted by Crippen LogP contribution is -2.41. The number of para-hydroxylation sites is 2. The summed E-state index contributed by atoms with van der Waals surface area (Å²) < 4.78 is 17.4. The molecular weight excluding hydrogens is 427 g/mol. The molecule has 1 atom stereocenters. The average Bonchev–Trinajstić information content (AvgIpc) is 3.20. The molecule has 30 heavy (non-hydrogen) atoms. The van der Waals surface area contributed by atoms with Crippen molar-refractivity contribution in [2.24, 2.45) is 0 Å². The lowest BCUT2D eigenvalue weighted by molar-refractivity contribution is -0.131. The van der Waals surface area contributed by atoms with E-state index in [1.807, 2.05) is 24.3 Å². The average molecular weight is 447 g/mol. The number of fused-ring (bicyclic) bond motifs is 1. The van der Waals surface area contributed by atoms with Gasteiger partial charge in [-0.3, -0.25) is 4.79 Å². The fourth-order valence-electron chi connectivity index (χ4n) is 3.20. The molecule has 0 saturated carbocycles. The van der Waals surface area contributed by atoms with Crippen molar-refractivity contribution in [3.63, 3.8) is 0 Å². The first-order valence-corrected chi connectivity index (χ1v) is 10.3. The van der Waals surface area contributed by atoms with Crippen LogP contribution < -0.4 is 9.47 Å². The van der Waals surface area contributed by atoms with Crippen LogP contribution in [0.4, 0.5) is 0 Å². The van der Waals surface area contributed by atoms with Crippen LogP contribution in [-0.4, -0.2) is 42.1 Å². The molecule has 0 bridgehead atoms. The van der Waals surface area contributed by atoms with E-state index < -0.39 is 0 Å². The van der Waals surface area contributed by atoms with E-state index in [1.165, 1.54) is 0 Å². The molecule has 1 aromatic heterocycles. The fraction of sp³-hybridized carbons (Fsp3) is 0.273. The second kappa shape index (κ2) is 8.98. The molecule has 0 N–H and O–H groups in total. The summed E-state index contributed by atoms with van der Waals surface area (Å²) in [4.78, 5) is 18.4. The Bertz CT molecular complexity index is 1050. The Labute approximate surface area is 184 Å². The zero-order valence-corrected chi connectivity index (χ0v) is 17.8. The summed E-state index contributed by atoms with van der Waals surface area (Å²) in [5.41, 5.74) is 0.706. The number of aromatic nitrogens is 1. The number of halogens is 2. The first-order chi connectivity index (χ1) is 14.5. The van der Waals surface area contributed by atoms with Crippen molar-refractivity contribution in [2.75, 3.05) is 20.2 Å². The van der Waals surface area contributed by atoms with Gasteiger partial charge in [0.25, 0.3) is 0 Å².